The van der Waals surface area contributed by atoms with Crippen molar-refractivity contribution in [2.75, 3.05) is 6.54 Å². The van der Waals surface area contributed by atoms with Gasteiger partial charge in [-0.05, 0) is 25.8 Å². The quantitative estimate of drug-likeness (QED) is 0.489. The van der Waals surface area contributed by atoms with Crippen molar-refractivity contribution in [3.63, 3.8) is 0 Å². The summed E-state index contributed by atoms with van der Waals surface area (Å²) in [4.78, 5) is 10.1. The number of imidazole rings is 1. The van der Waals surface area contributed by atoms with Crippen molar-refractivity contribution in [2.45, 2.75) is 45.2 Å². The van der Waals surface area contributed by atoms with Crippen molar-refractivity contribution in [1.82, 2.24) is 4.57 Å². The van der Waals surface area contributed by atoms with Crippen molar-refractivity contribution < 1.29 is 14.5 Å². The summed E-state index contributed by atoms with van der Waals surface area (Å²) in [6, 6.07) is -0.716. The third-order valence-electron chi connectivity index (χ3n) is 2.59. The smallest absolute Gasteiger partial charge is 0.320 e. The van der Waals surface area contributed by atoms with Crippen LogP contribution in [0.2, 0.25) is 0 Å². The summed E-state index contributed by atoms with van der Waals surface area (Å²) >= 11 is 0. The molecule has 6 heteroatoms. The van der Waals surface area contributed by atoms with E-state index >= 15 is 0 Å². The van der Waals surface area contributed by atoms with Crippen LogP contribution in [0.4, 0.5) is 0 Å². The number of hydrogen-bond acceptors (Lipinski definition) is 3. The summed E-state index contributed by atoms with van der Waals surface area (Å²) in [7, 11) is 2.03. The van der Waals surface area contributed by atoms with Gasteiger partial charge in [0.25, 0.3) is 0 Å². The Morgan fingerprint density at radius 3 is 2.58 bits per heavy atom. The van der Waals surface area contributed by atoms with Gasteiger partial charge < -0.3 is 16.6 Å². The molecular formula is C13H27N4O2+. The average molecular weight is 271 g/mol. The molecule has 1 heterocycles. The summed E-state index contributed by atoms with van der Waals surface area (Å²) in [6.45, 7) is 3.91. The summed E-state index contributed by atoms with van der Waals surface area (Å²) in [5, 5.41) is 8.33. The van der Waals surface area contributed by atoms with Crippen molar-refractivity contribution in [1.29, 1.82) is 0 Å². The molecule has 0 radical (unpaired) electrons. The summed E-state index contributed by atoms with van der Waals surface area (Å²) in [6.07, 6.45) is 9.59. The zero-order valence-electron chi connectivity index (χ0n) is 12.0. The third-order valence-corrected chi connectivity index (χ3v) is 2.59. The fraction of sp³-hybridized carbons (Fsp3) is 0.692. The largest absolute Gasteiger partial charge is 0.480 e. The number of aryl methyl sites for hydroxylation is 2. The number of nitrogens with two attached hydrogens (primary N) is 2. The molecular weight excluding hydrogens is 244 g/mol. The molecule has 0 saturated heterocycles. The van der Waals surface area contributed by atoms with Crippen LogP contribution in [0.25, 0.3) is 0 Å². The standard InChI is InChI=1S/C7H13N2.C6H14N2O2/c1-3-4-9-6-5-8(2)7-9;7-4-2-1-3-5(8)6(9)10/h5-7H,3-4H2,1-2H3;5H,1-4,7-8H2,(H,9,10)/q+1;. The van der Waals surface area contributed by atoms with Gasteiger partial charge in [0, 0.05) is 0 Å². The van der Waals surface area contributed by atoms with Gasteiger partial charge in [-0.15, -0.1) is 0 Å². The van der Waals surface area contributed by atoms with E-state index in [1.807, 2.05) is 7.05 Å². The molecule has 1 aromatic rings. The highest BCUT2D eigenvalue weighted by Gasteiger charge is 2.09. The lowest BCUT2D eigenvalue weighted by Crippen LogP contribution is -2.29. The first kappa shape index (κ1) is 17.6. The third kappa shape index (κ3) is 9.21. The van der Waals surface area contributed by atoms with Gasteiger partial charge in [-0.2, -0.15) is 0 Å². The Kier molecular flexibility index (Phi) is 9.74. The molecule has 1 atom stereocenters. The molecule has 1 rings (SSSR count). The fourth-order valence-corrected chi connectivity index (χ4v) is 1.52. The van der Waals surface area contributed by atoms with E-state index in [2.05, 4.69) is 34.8 Å². The Bertz CT molecular complexity index is 352. The van der Waals surface area contributed by atoms with Crippen LogP contribution in [0.15, 0.2) is 18.7 Å². The maximum Gasteiger partial charge on any atom is 0.320 e. The Morgan fingerprint density at radius 2 is 2.16 bits per heavy atom. The summed E-state index contributed by atoms with van der Waals surface area (Å²) in [5.41, 5.74) is 10.4. The van der Waals surface area contributed by atoms with Crippen LogP contribution in [-0.4, -0.2) is 28.2 Å². The normalized spacial score (nSPS) is 11.6. The van der Waals surface area contributed by atoms with E-state index in [1.165, 1.54) is 6.42 Å². The van der Waals surface area contributed by atoms with Crippen LogP contribution < -0.4 is 16.0 Å². The number of unbranched alkanes of at least 4 members (excludes halogenated alkanes) is 1. The molecule has 0 aliphatic rings. The van der Waals surface area contributed by atoms with E-state index in [1.54, 1.807) is 0 Å². The molecule has 5 N–H and O–H groups in total. The minimum Gasteiger partial charge on any atom is -0.480 e. The van der Waals surface area contributed by atoms with Crippen molar-refractivity contribution in [2.24, 2.45) is 18.5 Å². The van der Waals surface area contributed by atoms with Crippen molar-refractivity contribution >= 4 is 5.97 Å². The predicted octanol–water partition coefficient (Wildman–Crippen LogP) is 0.250. The molecule has 0 spiro atoms. The molecule has 110 valence electrons. The monoisotopic (exact) mass is 271 g/mol. The first-order valence-electron chi connectivity index (χ1n) is 6.70. The van der Waals surface area contributed by atoms with Crippen LogP contribution >= 0.6 is 0 Å². The second kappa shape index (κ2) is 10.5. The first-order valence-corrected chi connectivity index (χ1v) is 6.70. The number of hydrogen-bond donors (Lipinski definition) is 3. The maximum absolute atomic E-state index is 10.1. The highest BCUT2D eigenvalue weighted by Crippen LogP contribution is 1.96. The Morgan fingerprint density at radius 1 is 1.47 bits per heavy atom. The SMILES string of the molecule is CCCn1cc[n+](C)c1.NCCCCC(N)C(=O)O. The van der Waals surface area contributed by atoms with Crippen molar-refractivity contribution in [3.8, 4) is 0 Å². The zero-order valence-corrected chi connectivity index (χ0v) is 12.0. The molecule has 0 bridgehead atoms. The van der Waals surface area contributed by atoms with Crippen LogP contribution in [0.1, 0.15) is 32.6 Å². The summed E-state index contributed by atoms with van der Waals surface area (Å²) < 4.78 is 4.23. The molecule has 0 fully saturated rings. The topological polar surface area (TPSA) is 98.1 Å². The van der Waals surface area contributed by atoms with E-state index in [0.717, 1.165) is 19.4 Å². The number of carboxylic acids is 1. The fourth-order valence-electron chi connectivity index (χ4n) is 1.52. The lowest BCUT2D eigenvalue weighted by Gasteiger charge is -2.03. The molecule has 0 aliphatic carbocycles. The number of aromatic nitrogens is 2. The van der Waals surface area contributed by atoms with Crippen LogP contribution in [0.3, 0.4) is 0 Å². The van der Waals surface area contributed by atoms with Gasteiger partial charge >= 0.3 is 5.97 Å². The molecule has 1 unspecified atom stereocenters. The highest BCUT2D eigenvalue weighted by atomic mass is 16.4. The second-order valence-corrected chi connectivity index (χ2v) is 4.55. The minimum atomic E-state index is -0.933. The number of rotatable bonds is 7. The maximum atomic E-state index is 10.1. The van der Waals surface area contributed by atoms with Crippen LogP contribution in [0, 0.1) is 0 Å². The Hall–Kier alpha value is -1.40. The molecule has 6 nitrogen and oxygen atoms in total. The minimum absolute atomic E-state index is 0.520. The van der Waals surface area contributed by atoms with Gasteiger partial charge in [0.2, 0.25) is 6.33 Å². The molecule has 0 saturated carbocycles. The number of carboxylic acid groups (broad SMARTS) is 1. The van der Waals surface area contributed by atoms with Crippen LogP contribution in [-0.2, 0) is 18.4 Å². The predicted molar refractivity (Wildman–Crippen MR) is 74.4 cm³/mol. The molecule has 19 heavy (non-hydrogen) atoms. The number of carbonyl (C=O) groups is 1. The second-order valence-electron chi connectivity index (χ2n) is 4.55. The first-order chi connectivity index (χ1) is 9.01. The van der Waals surface area contributed by atoms with E-state index in [9.17, 15) is 4.79 Å². The van der Waals surface area contributed by atoms with Crippen molar-refractivity contribution in [3.05, 3.63) is 18.7 Å². The van der Waals surface area contributed by atoms with E-state index in [0.29, 0.717) is 13.0 Å². The number of nitrogens with zero attached hydrogens (tertiary/aromatic N) is 2. The van der Waals surface area contributed by atoms with E-state index < -0.39 is 12.0 Å². The van der Waals surface area contributed by atoms with Gasteiger partial charge in [-0.3, -0.25) is 4.79 Å². The average Bonchev–Trinajstić information content (AvgIpc) is 2.76. The molecule has 0 aliphatic heterocycles. The lowest BCUT2D eigenvalue weighted by molar-refractivity contribution is -0.671. The van der Waals surface area contributed by atoms with E-state index in [-0.39, 0.29) is 0 Å². The van der Waals surface area contributed by atoms with Gasteiger partial charge in [-0.1, -0.05) is 13.3 Å². The van der Waals surface area contributed by atoms with Crippen LogP contribution in [0.5, 0.6) is 0 Å². The highest BCUT2D eigenvalue weighted by molar-refractivity contribution is 5.72. The van der Waals surface area contributed by atoms with Gasteiger partial charge in [0.1, 0.15) is 18.4 Å². The van der Waals surface area contributed by atoms with Gasteiger partial charge in [0.15, 0.2) is 0 Å². The van der Waals surface area contributed by atoms with Gasteiger partial charge in [-0.25, -0.2) is 9.13 Å². The lowest BCUT2D eigenvalue weighted by atomic mass is 10.1. The van der Waals surface area contributed by atoms with Gasteiger partial charge in [0.05, 0.1) is 13.6 Å². The van der Waals surface area contributed by atoms with E-state index in [4.69, 9.17) is 16.6 Å². The Labute approximate surface area is 115 Å². The molecule has 0 amide bonds. The molecule has 1 aromatic heterocycles. The zero-order chi connectivity index (χ0) is 14.7. The number of aliphatic carboxylic acids is 1. The molecule has 0 aromatic carbocycles. The Balaban J connectivity index is 0.000000342. The summed E-state index contributed by atoms with van der Waals surface area (Å²) in [5.74, 6) is -0.933.